The van der Waals surface area contributed by atoms with E-state index >= 15 is 0 Å². The highest BCUT2D eigenvalue weighted by Crippen LogP contribution is 2.21. The van der Waals surface area contributed by atoms with Crippen molar-refractivity contribution >= 4 is 6.29 Å². The van der Waals surface area contributed by atoms with E-state index in [1.54, 1.807) is 0 Å². The summed E-state index contributed by atoms with van der Waals surface area (Å²) in [4.78, 5) is 14.5. The monoisotopic (exact) mass is 201 g/mol. The van der Waals surface area contributed by atoms with Gasteiger partial charge in [-0.3, -0.25) is 0 Å². The summed E-state index contributed by atoms with van der Waals surface area (Å²) in [6.45, 7) is 2.00. The van der Waals surface area contributed by atoms with Gasteiger partial charge in [0.05, 0.1) is 5.69 Å². The summed E-state index contributed by atoms with van der Waals surface area (Å²) >= 11 is 0. The van der Waals surface area contributed by atoms with Crippen molar-refractivity contribution in [1.82, 2.24) is 4.98 Å². The number of oxazole rings is 1. The average molecular weight is 201 g/mol. The molecule has 0 aliphatic heterocycles. The van der Waals surface area contributed by atoms with Gasteiger partial charge in [0.2, 0.25) is 5.89 Å². The molecule has 0 fully saturated rings. The van der Waals surface area contributed by atoms with Gasteiger partial charge >= 0.3 is 0 Å². The molecule has 2 rings (SSSR count). The summed E-state index contributed by atoms with van der Waals surface area (Å²) in [5.41, 5.74) is 2.75. The van der Waals surface area contributed by atoms with Crippen LogP contribution < -0.4 is 0 Å². The van der Waals surface area contributed by atoms with Crippen molar-refractivity contribution in [2.24, 2.45) is 0 Å². The zero-order valence-electron chi connectivity index (χ0n) is 8.43. The summed E-state index contributed by atoms with van der Waals surface area (Å²) in [6, 6.07) is 7.85. The summed E-state index contributed by atoms with van der Waals surface area (Å²) in [6.07, 6.45) is 2.64. The minimum atomic E-state index is 0.301. The second kappa shape index (κ2) is 4.09. The predicted octanol–water partition coefficient (Wildman–Crippen LogP) is 2.39. The molecule has 2 aromatic rings. The topological polar surface area (TPSA) is 43.1 Å². The normalized spacial score (nSPS) is 10.2. The van der Waals surface area contributed by atoms with E-state index in [0.29, 0.717) is 18.0 Å². The standard InChI is InChI=1S/C12H11NO2/c1-9-4-2-3-5-11(9)12-13-10(6-7-14)8-15-12/h2-5,7-8H,6H2,1H3. The van der Waals surface area contributed by atoms with E-state index in [-0.39, 0.29) is 0 Å². The number of nitrogens with zero attached hydrogens (tertiary/aromatic N) is 1. The molecular formula is C12H11NO2. The molecule has 1 aromatic carbocycles. The number of aldehydes is 1. The molecule has 15 heavy (non-hydrogen) atoms. The Morgan fingerprint density at radius 1 is 1.40 bits per heavy atom. The second-order valence-electron chi connectivity index (χ2n) is 3.33. The van der Waals surface area contributed by atoms with E-state index in [1.165, 1.54) is 6.26 Å². The molecule has 0 saturated heterocycles. The van der Waals surface area contributed by atoms with Gasteiger partial charge in [-0.15, -0.1) is 0 Å². The third kappa shape index (κ3) is 1.96. The highest BCUT2D eigenvalue weighted by molar-refractivity contribution is 5.59. The predicted molar refractivity (Wildman–Crippen MR) is 56.4 cm³/mol. The van der Waals surface area contributed by atoms with E-state index in [4.69, 9.17) is 4.42 Å². The smallest absolute Gasteiger partial charge is 0.226 e. The van der Waals surface area contributed by atoms with Crippen LogP contribution in [0.4, 0.5) is 0 Å². The third-order valence-corrected chi connectivity index (χ3v) is 2.22. The second-order valence-corrected chi connectivity index (χ2v) is 3.33. The zero-order valence-corrected chi connectivity index (χ0v) is 8.43. The minimum Gasteiger partial charge on any atom is -0.444 e. The molecule has 0 spiro atoms. The van der Waals surface area contributed by atoms with Gasteiger partial charge < -0.3 is 9.21 Å². The Morgan fingerprint density at radius 3 is 2.93 bits per heavy atom. The lowest BCUT2D eigenvalue weighted by Crippen LogP contribution is -1.86. The molecular weight excluding hydrogens is 190 g/mol. The Hall–Kier alpha value is -1.90. The summed E-state index contributed by atoms with van der Waals surface area (Å²) in [7, 11) is 0. The van der Waals surface area contributed by atoms with Gasteiger partial charge in [-0.25, -0.2) is 4.98 Å². The third-order valence-electron chi connectivity index (χ3n) is 2.22. The molecule has 0 atom stereocenters. The van der Waals surface area contributed by atoms with Gasteiger partial charge in [-0.2, -0.15) is 0 Å². The Kier molecular flexibility index (Phi) is 2.63. The number of hydrogen-bond acceptors (Lipinski definition) is 3. The van der Waals surface area contributed by atoms with Crippen LogP contribution in [0.5, 0.6) is 0 Å². The molecule has 0 saturated carbocycles. The molecule has 0 aliphatic carbocycles. The molecule has 1 heterocycles. The van der Waals surface area contributed by atoms with E-state index in [1.807, 2.05) is 31.2 Å². The fourth-order valence-electron chi connectivity index (χ4n) is 1.42. The van der Waals surface area contributed by atoms with Crippen molar-refractivity contribution in [3.8, 4) is 11.5 Å². The fraction of sp³-hybridized carbons (Fsp3) is 0.167. The van der Waals surface area contributed by atoms with Crippen LogP contribution in [-0.4, -0.2) is 11.3 Å². The number of hydrogen-bond donors (Lipinski definition) is 0. The van der Waals surface area contributed by atoms with Gasteiger partial charge in [0, 0.05) is 12.0 Å². The quantitative estimate of drug-likeness (QED) is 0.716. The van der Waals surface area contributed by atoms with Crippen molar-refractivity contribution in [1.29, 1.82) is 0 Å². The van der Waals surface area contributed by atoms with Crippen LogP contribution >= 0.6 is 0 Å². The molecule has 0 N–H and O–H groups in total. The first kappa shape index (κ1) is 9.65. The van der Waals surface area contributed by atoms with Gasteiger partial charge in [-0.1, -0.05) is 18.2 Å². The van der Waals surface area contributed by atoms with Crippen molar-refractivity contribution in [2.75, 3.05) is 0 Å². The first-order valence-electron chi connectivity index (χ1n) is 4.75. The highest BCUT2D eigenvalue weighted by Gasteiger charge is 2.07. The van der Waals surface area contributed by atoms with Crippen LogP contribution in [-0.2, 0) is 11.2 Å². The van der Waals surface area contributed by atoms with Gasteiger partial charge in [0.1, 0.15) is 12.5 Å². The maximum atomic E-state index is 10.3. The number of benzene rings is 1. The molecule has 0 amide bonds. The maximum absolute atomic E-state index is 10.3. The first-order valence-corrected chi connectivity index (χ1v) is 4.75. The Balaban J connectivity index is 2.37. The van der Waals surface area contributed by atoms with E-state index in [2.05, 4.69) is 4.98 Å². The summed E-state index contributed by atoms with van der Waals surface area (Å²) < 4.78 is 5.31. The first-order chi connectivity index (χ1) is 7.31. The number of rotatable bonds is 3. The SMILES string of the molecule is Cc1ccccc1-c1nc(CC=O)co1. The lowest BCUT2D eigenvalue weighted by Gasteiger charge is -1.98. The van der Waals surface area contributed by atoms with E-state index < -0.39 is 0 Å². The number of carbonyl (C=O) groups excluding carboxylic acids is 1. The lowest BCUT2D eigenvalue weighted by atomic mass is 10.1. The fourth-order valence-corrected chi connectivity index (χ4v) is 1.42. The molecule has 0 bridgehead atoms. The van der Waals surface area contributed by atoms with Gasteiger partial charge in [0.15, 0.2) is 0 Å². The summed E-state index contributed by atoms with van der Waals surface area (Å²) in [5.74, 6) is 0.574. The molecule has 3 nitrogen and oxygen atoms in total. The highest BCUT2D eigenvalue weighted by atomic mass is 16.3. The molecule has 0 aliphatic rings. The number of carbonyl (C=O) groups is 1. The largest absolute Gasteiger partial charge is 0.444 e. The number of aryl methyl sites for hydroxylation is 1. The Labute approximate surface area is 87.8 Å². The van der Waals surface area contributed by atoms with Crippen molar-refractivity contribution < 1.29 is 9.21 Å². The van der Waals surface area contributed by atoms with E-state index in [0.717, 1.165) is 17.4 Å². The summed E-state index contributed by atoms with van der Waals surface area (Å²) in [5, 5.41) is 0. The molecule has 0 unspecified atom stereocenters. The Morgan fingerprint density at radius 2 is 2.20 bits per heavy atom. The van der Waals surface area contributed by atoms with Crippen molar-refractivity contribution in [3.05, 3.63) is 41.8 Å². The van der Waals surface area contributed by atoms with Gasteiger partial charge in [0.25, 0.3) is 0 Å². The Bertz CT molecular complexity index is 474. The van der Waals surface area contributed by atoms with Crippen LogP contribution in [0.15, 0.2) is 34.9 Å². The molecule has 3 heteroatoms. The van der Waals surface area contributed by atoms with Crippen molar-refractivity contribution in [2.45, 2.75) is 13.3 Å². The zero-order chi connectivity index (χ0) is 10.7. The van der Waals surface area contributed by atoms with Crippen LogP contribution in [0.2, 0.25) is 0 Å². The van der Waals surface area contributed by atoms with Crippen LogP contribution in [0.1, 0.15) is 11.3 Å². The van der Waals surface area contributed by atoms with Crippen LogP contribution in [0.3, 0.4) is 0 Å². The minimum absolute atomic E-state index is 0.301. The average Bonchev–Trinajstić information content (AvgIpc) is 2.68. The van der Waals surface area contributed by atoms with Crippen LogP contribution in [0.25, 0.3) is 11.5 Å². The lowest BCUT2D eigenvalue weighted by molar-refractivity contribution is -0.107. The molecule has 0 radical (unpaired) electrons. The molecule has 76 valence electrons. The van der Waals surface area contributed by atoms with Gasteiger partial charge in [-0.05, 0) is 18.6 Å². The van der Waals surface area contributed by atoms with Crippen LogP contribution in [0, 0.1) is 6.92 Å². The van der Waals surface area contributed by atoms with E-state index in [9.17, 15) is 4.79 Å². The van der Waals surface area contributed by atoms with Crippen molar-refractivity contribution in [3.63, 3.8) is 0 Å². The maximum Gasteiger partial charge on any atom is 0.226 e. The molecule has 1 aromatic heterocycles. The number of aromatic nitrogens is 1.